The van der Waals surface area contributed by atoms with Gasteiger partial charge in [-0.3, -0.25) is 4.79 Å². The van der Waals surface area contributed by atoms with Crippen LogP contribution >= 0.6 is 0 Å². The molecular formula is C22H12O3. The van der Waals surface area contributed by atoms with Gasteiger partial charge >= 0.3 is 11.9 Å². The number of rotatable bonds is 0. The summed E-state index contributed by atoms with van der Waals surface area (Å²) in [6, 6.07) is 10.2. The molecule has 0 saturated carbocycles. The van der Waals surface area contributed by atoms with E-state index < -0.39 is 17.9 Å². The highest BCUT2D eigenvalue weighted by Crippen LogP contribution is 2.46. The molecule has 1 heterocycles. The molecule has 0 fully saturated rings. The molecule has 0 N–H and O–H groups in total. The van der Waals surface area contributed by atoms with Gasteiger partial charge in [-0.1, -0.05) is 48.6 Å². The molecule has 118 valence electrons. The fourth-order valence-corrected chi connectivity index (χ4v) is 4.56. The van der Waals surface area contributed by atoms with E-state index in [1.54, 1.807) is 6.07 Å². The van der Waals surface area contributed by atoms with Crippen molar-refractivity contribution in [2.75, 3.05) is 0 Å². The van der Waals surface area contributed by atoms with Gasteiger partial charge in [0.25, 0.3) is 0 Å². The zero-order chi connectivity index (χ0) is 16.7. The van der Waals surface area contributed by atoms with Crippen LogP contribution in [-0.2, 0) is 16.0 Å². The molecule has 3 aromatic rings. The summed E-state index contributed by atoms with van der Waals surface area (Å²) >= 11 is 0. The fourth-order valence-electron chi connectivity index (χ4n) is 4.56. The van der Waals surface area contributed by atoms with Crippen LogP contribution in [0.5, 0.6) is 0 Å². The Balaban J connectivity index is 1.92. The van der Waals surface area contributed by atoms with E-state index in [2.05, 4.69) is 30.4 Å². The lowest BCUT2D eigenvalue weighted by Crippen LogP contribution is -2.28. The second-order valence-electron chi connectivity index (χ2n) is 6.77. The van der Waals surface area contributed by atoms with Gasteiger partial charge in [0.1, 0.15) is 5.92 Å². The minimum Gasteiger partial charge on any atom is -0.389 e. The van der Waals surface area contributed by atoms with Gasteiger partial charge in [0, 0.05) is 0 Å². The van der Waals surface area contributed by atoms with E-state index >= 15 is 0 Å². The molecule has 3 nitrogen and oxygen atoms in total. The van der Waals surface area contributed by atoms with E-state index in [0.29, 0.717) is 5.56 Å². The number of fused-ring (bicyclic) bond motifs is 2. The first-order chi connectivity index (χ1) is 12.2. The monoisotopic (exact) mass is 324 g/mol. The van der Waals surface area contributed by atoms with E-state index in [9.17, 15) is 9.59 Å². The van der Waals surface area contributed by atoms with Crippen LogP contribution in [0.4, 0.5) is 0 Å². The first kappa shape index (κ1) is 13.1. The fraction of sp³-hybridized carbons (Fsp3) is 0.0909. The molecule has 1 unspecified atom stereocenters. The number of benzene rings is 3. The molecule has 1 atom stereocenters. The lowest BCUT2D eigenvalue weighted by atomic mass is 9.77. The largest absolute Gasteiger partial charge is 0.389 e. The summed E-state index contributed by atoms with van der Waals surface area (Å²) in [4.78, 5) is 24.5. The minimum atomic E-state index is -0.544. The van der Waals surface area contributed by atoms with Crippen molar-refractivity contribution in [3.05, 3.63) is 70.3 Å². The summed E-state index contributed by atoms with van der Waals surface area (Å²) < 4.78 is 4.93. The molecule has 2 aliphatic carbocycles. The number of carbonyl (C=O) groups excluding carboxylic acids is 2. The Bertz CT molecular complexity index is 1230. The van der Waals surface area contributed by atoms with Gasteiger partial charge < -0.3 is 4.74 Å². The number of esters is 2. The molecule has 6 rings (SSSR count). The van der Waals surface area contributed by atoms with Gasteiger partial charge in [-0.05, 0) is 56.3 Å². The van der Waals surface area contributed by atoms with Crippen LogP contribution in [-0.4, -0.2) is 11.9 Å². The van der Waals surface area contributed by atoms with Crippen molar-refractivity contribution in [3.63, 3.8) is 0 Å². The smallest absolute Gasteiger partial charge is 0.346 e. The Hall–Kier alpha value is -3.20. The molecule has 0 aromatic heterocycles. The Morgan fingerprint density at radius 2 is 1.76 bits per heavy atom. The zero-order valence-electron chi connectivity index (χ0n) is 13.2. The van der Waals surface area contributed by atoms with Crippen LogP contribution in [0.15, 0.2) is 42.5 Å². The predicted molar refractivity (Wildman–Crippen MR) is 96.4 cm³/mol. The molecule has 0 spiro atoms. The lowest BCUT2D eigenvalue weighted by molar-refractivity contribution is -0.139. The Labute approximate surface area is 143 Å². The Morgan fingerprint density at radius 3 is 2.68 bits per heavy atom. The first-order valence-electron chi connectivity index (χ1n) is 8.39. The van der Waals surface area contributed by atoms with E-state index in [0.717, 1.165) is 28.3 Å². The molecule has 0 saturated heterocycles. The van der Waals surface area contributed by atoms with E-state index in [1.807, 2.05) is 18.2 Å². The maximum absolute atomic E-state index is 12.2. The van der Waals surface area contributed by atoms with E-state index in [-0.39, 0.29) is 0 Å². The average Bonchev–Trinajstić information content (AvgIpc) is 2.64. The third kappa shape index (κ3) is 1.47. The van der Waals surface area contributed by atoms with Crippen LogP contribution in [0.1, 0.15) is 38.5 Å². The third-order valence-corrected chi connectivity index (χ3v) is 5.57. The summed E-state index contributed by atoms with van der Waals surface area (Å²) in [5, 5.41) is 4.57. The van der Waals surface area contributed by atoms with Crippen molar-refractivity contribution in [1.29, 1.82) is 0 Å². The molecular weight excluding hydrogens is 312 g/mol. The van der Waals surface area contributed by atoms with Gasteiger partial charge in [-0.2, -0.15) is 0 Å². The van der Waals surface area contributed by atoms with E-state index in [1.165, 1.54) is 21.9 Å². The van der Waals surface area contributed by atoms with Crippen molar-refractivity contribution < 1.29 is 14.3 Å². The van der Waals surface area contributed by atoms with E-state index in [4.69, 9.17) is 4.74 Å². The normalized spacial score (nSPS) is 19.6. The highest BCUT2D eigenvalue weighted by atomic mass is 16.6. The number of hydrogen-bond acceptors (Lipinski definition) is 3. The summed E-state index contributed by atoms with van der Waals surface area (Å²) in [7, 11) is 0. The van der Waals surface area contributed by atoms with Crippen molar-refractivity contribution >= 4 is 45.6 Å². The maximum atomic E-state index is 12.2. The van der Waals surface area contributed by atoms with Crippen molar-refractivity contribution in [1.82, 2.24) is 0 Å². The van der Waals surface area contributed by atoms with Gasteiger partial charge in [-0.15, -0.1) is 0 Å². The number of carbonyl (C=O) groups is 2. The van der Waals surface area contributed by atoms with Gasteiger partial charge in [-0.25, -0.2) is 4.79 Å². The average molecular weight is 324 g/mol. The van der Waals surface area contributed by atoms with Crippen LogP contribution in [0, 0.1) is 0 Å². The summed E-state index contributed by atoms with van der Waals surface area (Å²) in [5.41, 5.74) is 4.90. The molecule has 0 amide bonds. The van der Waals surface area contributed by atoms with Crippen molar-refractivity contribution in [2.45, 2.75) is 12.3 Å². The summed E-state index contributed by atoms with van der Waals surface area (Å²) in [5.74, 6) is -1.52. The standard InChI is InChI=1S/C22H12O3/c23-21-16-9-7-14-12-5-1-3-11-4-2-6-13(18(11)12)15-8-10-17(22(24)25-21)20(16)19(14)15/h1-3,5-10,17H,4H2. The molecule has 25 heavy (non-hydrogen) atoms. The highest BCUT2D eigenvalue weighted by Gasteiger charge is 2.37. The predicted octanol–water partition coefficient (Wildman–Crippen LogP) is 4.37. The molecule has 1 aliphatic heterocycles. The van der Waals surface area contributed by atoms with Crippen molar-refractivity contribution in [2.24, 2.45) is 0 Å². The van der Waals surface area contributed by atoms with Crippen LogP contribution in [0.3, 0.4) is 0 Å². The number of allylic oxidation sites excluding steroid dienone is 1. The summed E-state index contributed by atoms with van der Waals surface area (Å²) in [6.45, 7) is 0. The second-order valence-corrected chi connectivity index (χ2v) is 6.77. The molecule has 3 heteroatoms. The number of cyclic esters (lactones) is 2. The van der Waals surface area contributed by atoms with Gasteiger partial charge in [0.05, 0.1) is 5.56 Å². The Morgan fingerprint density at radius 1 is 0.920 bits per heavy atom. The zero-order valence-corrected chi connectivity index (χ0v) is 13.2. The van der Waals surface area contributed by atoms with Crippen molar-refractivity contribution in [3.8, 4) is 0 Å². The Kier molecular flexibility index (Phi) is 2.23. The number of hydrogen-bond donors (Lipinski definition) is 0. The minimum absolute atomic E-state index is 0.482. The maximum Gasteiger partial charge on any atom is 0.346 e. The summed E-state index contributed by atoms with van der Waals surface area (Å²) in [6.07, 6.45) is 9.15. The second kappa shape index (κ2) is 4.25. The number of ether oxygens (including phenoxy) is 1. The third-order valence-electron chi connectivity index (χ3n) is 5.57. The molecule has 0 radical (unpaired) electrons. The van der Waals surface area contributed by atoms with Gasteiger partial charge in [0.15, 0.2) is 0 Å². The highest BCUT2D eigenvalue weighted by molar-refractivity contribution is 6.21. The topological polar surface area (TPSA) is 43.4 Å². The molecule has 3 aromatic carbocycles. The molecule has 0 bridgehead atoms. The lowest BCUT2D eigenvalue weighted by Gasteiger charge is -2.28. The molecule has 3 aliphatic rings. The van der Waals surface area contributed by atoms with Crippen LogP contribution < -0.4 is 0 Å². The first-order valence-corrected chi connectivity index (χ1v) is 8.39. The van der Waals surface area contributed by atoms with Crippen LogP contribution in [0.25, 0.3) is 33.7 Å². The SMILES string of the molecule is O=C1OC(=O)C2C=Cc3c4c5c(cccc5c5ccc1c2c35)CC=C4. The van der Waals surface area contributed by atoms with Gasteiger partial charge in [0.2, 0.25) is 0 Å². The quantitative estimate of drug-likeness (QED) is 0.350. The van der Waals surface area contributed by atoms with Crippen LogP contribution in [0.2, 0.25) is 0 Å².